The van der Waals surface area contributed by atoms with Crippen molar-refractivity contribution < 1.29 is 27.4 Å². The standard InChI is InChI=1S/C24H27F3N4O3/c25-24(26,27)18-4-6-22(28-15-18)30-10-8-29(9-11-30)16-23(32)31-7-1-2-19(31)17-3-5-20-21(14-17)34-13-12-33-20/h3-6,14-15,19H,1-2,7-13,16H2/t19-/m0/s1. The molecule has 0 spiro atoms. The Balaban J connectivity index is 1.17. The van der Waals surface area contributed by atoms with E-state index in [-0.39, 0.29) is 11.9 Å². The lowest BCUT2D eigenvalue weighted by molar-refractivity contribution is -0.137. The van der Waals surface area contributed by atoms with Gasteiger partial charge >= 0.3 is 6.18 Å². The molecule has 3 aliphatic heterocycles. The van der Waals surface area contributed by atoms with Gasteiger partial charge < -0.3 is 19.3 Å². The molecule has 1 atom stereocenters. The Morgan fingerprint density at radius 3 is 2.47 bits per heavy atom. The number of alkyl halides is 3. The lowest BCUT2D eigenvalue weighted by Crippen LogP contribution is -2.50. The van der Waals surface area contributed by atoms with Gasteiger partial charge in [0.25, 0.3) is 0 Å². The largest absolute Gasteiger partial charge is 0.486 e. The van der Waals surface area contributed by atoms with Crippen molar-refractivity contribution in [1.29, 1.82) is 0 Å². The molecule has 0 unspecified atom stereocenters. The van der Waals surface area contributed by atoms with E-state index in [1.165, 1.54) is 6.07 Å². The smallest absolute Gasteiger partial charge is 0.417 e. The van der Waals surface area contributed by atoms with Gasteiger partial charge in [0.2, 0.25) is 5.91 Å². The Morgan fingerprint density at radius 2 is 1.76 bits per heavy atom. The predicted molar refractivity (Wildman–Crippen MR) is 119 cm³/mol. The monoisotopic (exact) mass is 476 g/mol. The zero-order chi connectivity index (χ0) is 23.7. The summed E-state index contributed by atoms with van der Waals surface area (Å²) >= 11 is 0. The predicted octanol–water partition coefficient (Wildman–Crippen LogP) is 3.36. The van der Waals surface area contributed by atoms with Gasteiger partial charge in [-0.1, -0.05) is 6.07 Å². The first kappa shape index (κ1) is 22.8. The normalized spacial score (nSPS) is 21.1. The topological polar surface area (TPSA) is 58.1 Å². The van der Waals surface area contributed by atoms with Crippen LogP contribution in [0.4, 0.5) is 19.0 Å². The van der Waals surface area contributed by atoms with Crippen molar-refractivity contribution in [1.82, 2.24) is 14.8 Å². The molecular weight excluding hydrogens is 449 g/mol. The van der Waals surface area contributed by atoms with E-state index in [9.17, 15) is 18.0 Å². The van der Waals surface area contributed by atoms with E-state index >= 15 is 0 Å². The highest BCUT2D eigenvalue weighted by atomic mass is 19.4. The number of carbonyl (C=O) groups is 1. The molecule has 4 heterocycles. The molecule has 0 bridgehead atoms. The number of anilines is 1. The molecule has 1 aromatic heterocycles. The Morgan fingerprint density at radius 1 is 1.00 bits per heavy atom. The number of benzene rings is 1. The van der Waals surface area contributed by atoms with Gasteiger partial charge in [0.05, 0.1) is 18.2 Å². The molecule has 0 radical (unpaired) electrons. The molecule has 1 amide bonds. The first-order valence-corrected chi connectivity index (χ1v) is 11.6. The fourth-order valence-electron chi connectivity index (χ4n) is 4.84. The Hall–Kier alpha value is -3.01. The molecule has 0 saturated carbocycles. The van der Waals surface area contributed by atoms with E-state index in [4.69, 9.17) is 9.47 Å². The number of carbonyl (C=O) groups excluding carboxylic acids is 1. The van der Waals surface area contributed by atoms with Crippen molar-refractivity contribution in [2.45, 2.75) is 25.1 Å². The van der Waals surface area contributed by atoms with Crippen molar-refractivity contribution in [3.05, 3.63) is 47.7 Å². The number of hydrogen-bond donors (Lipinski definition) is 0. The molecule has 2 saturated heterocycles. The molecular formula is C24H27F3N4O3. The third kappa shape index (κ3) is 4.77. The fraction of sp³-hybridized carbons (Fsp3) is 0.500. The number of halogens is 3. The van der Waals surface area contributed by atoms with Crippen LogP contribution in [0.1, 0.15) is 30.0 Å². The van der Waals surface area contributed by atoms with Crippen molar-refractivity contribution in [3.8, 4) is 11.5 Å². The summed E-state index contributed by atoms with van der Waals surface area (Å²) in [5.41, 5.74) is 0.312. The summed E-state index contributed by atoms with van der Waals surface area (Å²) in [5, 5.41) is 0. The number of hydrogen-bond acceptors (Lipinski definition) is 6. The van der Waals surface area contributed by atoms with Gasteiger partial charge in [-0.25, -0.2) is 4.98 Å². The summed E-state index contributed by atoms with van der Waals surface area (Å²) in [6.45, 7) is 4.64. The summed E-state index contributed by atoms with van der Waals surface area (Å²) in [5.74, 6) is 2.10. The van der Waals surface area contributed by atoms with E-state index in [0.717, 1.165) is 48.7 Å². The number of likely N-dealkylation sites (tertiary alicyclic amines) is 1. The average molecular weight is 476 g/mol. The van der Waals surface area contributed by atoms with Crippen LogP contribution in [0.2, 0.25) is 0 Å². The molecule has 5 rings (SSSR count). The van der Waals surface area contributed by atoms with Crippen LogP contribution < -0.4 is 14.4 Å². The zero-order valence-corrected chi connectivity index (χ0v) is 18.8. The first-order valence-electron chi connectivity index (χ1n) is 11.6. The Kier molecular flexibility index (Phi) is 6.24. The second-order valence-corrected chi connectivity index (χ2v) is 8.81. The highest BCUT2D eigenvalue weighted by molar-refractivity contribution is 5.79. The van der Waals surface area contributed by atoms with Crippen LogP contribution in [-0.4, -0.2) is 73.2 Å². The zero-order valence-electron chi connectivity index (χ0n) is 18.8. The SMILES string of the molecule is O=C(CN1CCN(c2ccc(C(F)(F)F)cn2)CC1)N1CCC[C@H]1c1ccc2c(c1)OCCO2. The lowest BCUT2D eigenvalue weighted by Gasteiger charge is -2.36. The summed E-state index contributed by atoms with van der Waals surface area (Å²) in [4.78, 5) is 23.2. The van der Waals surface area contributed by atoms with E-state index < -0.39 is 11.7 Å². The second kappa shape index (κ2) is 9.32. The van der Waals surface area contributed by atoms with Crippen molar-refractivity contribution in [2.75, 3.05) is 57.4 Å². The van der Waals surface area contributed by atoms with Crippen LogP contribution in [0.15, 0.2) is 36.5 Å². The molecule has 0 N–H and O–H groups in total. The average Bonchev–Trinajstić information content (AvgIpc) is 3.34. The van der Waals surface area contributed by atoms with Crippen LogP contribution in [0, 0.1) is 0 Å². The number of nitrogens with zero attached hydrogens (tertiary/aromatic N) is 4. The second-order valence-electron chi connectivity index (χ2n) is 8.81. The van der Waals surface area contributed by atoms with Gasteiger partial charge in [-0.3, -0.25) is 9.69 Å². The lowest BCUT2D eigenvalue weighted by atomic mass is 10.0. The molecule has 10 heteroatoms. The molecule has 182 valence electrons. The maximum absolute atomic E-state index is 13.2. The first-order chi connectivity index (χ1) is 16.4. The van der Waals surface area contributed by atoms with Gasteiger partial charge in [0.15, 0.2) is 11.5 Å². The van der Waals surface area contributed by atoms with Crippen LogP contribution in [0.25, 0.3) is 0 Å². The minimum absolute atomic E-state index is 0.0287. The molecule has 34 heavy (non-hydrogen) atoms. The Labute approximate surface area is 196 Å². The number of piperazine rings is 1. The molecule has 2 aromatic rings. The van der Waals surface area contributed by atoms with Crippen LogP contribution in [0.3, 0.4) is 0 Å². The molecule has 0 aliphatic carbocycles. The summed E-state index contributed by atoms with van der Waals surface area (Å²) in [6, 6.07) is 8.41. The van der Waals surface area contributed by atoms with E-state index in [0.29, 0.717) is 51.8 Å². The minimum atomic E-state index is -4.39. The third-order valence-electron chi connectivity index (χ3n) is 6.65. The number of fused-ring (bicyclic) bond motifs is 1. The molecule has 1 aromatic carbocycles. The maximum Gasteiger partial charge on any atom is 0.417 e. The van der Waals surface area contributed by atoms with Gasteiger partial charge in [0.1, 0.15) is 19.0 Å². The van der Waals surface area contributed by atoms with E-state index in [1.54, 1.807) is 0 Å². The van der Waals surface area contributed by atoms with Crippen LogP contribution >= 0.6 is 0 Å². The van der Waals surface area contributed by atoms with Crippen LogP contribution in [-0.2, 0) is 11.0 Å². The third-order valence-corrected chi connectivity index (χ3v) is 6.65. The van der Waals surface area contributed by atoms with Crippen LogP contribution in [0.5, 0.6) is 11.5 Å². The fourth-order valence-corrected chi connectivity index (χ4v) is 4.84. The molecule has 3 aliphatic rings. The van der Waals surface area contributed by atoms with E-state index in [2.05, 4.69) is 9.88 Å². The summed E-state index contributed by atoms with van der Waals surface area (Å²) < 4.78 is 49.6. The summed E-state index contributed by atoms with van der Waals surface area (Å²) in [6.07, 6.45) is -1.65. The van der Waals surface area contributed by atoms with Gasteiger partial charge in [-0.2, -0.15) is 13.2 Å². The van der Waals surface area contributed by atoms with Crippen molar-refractivity contribution >= 4 is 11.7 Å². The van der Waals surface area contributed by atoms with Gasteiger partial charge in [0, 0.05) is 38.9 Å². The number of aromatic nitrogens is 1. The minimum Gasteiger partial charge on any atom is -0.486 e. The number of pyridine rings is 1. The Bertz CT molecular complexity index is 1020. The highest BCUT2D eigenvalue weighted by Gasteiger charge is 2.33. The van der Waals surface area contributed by atoms with Gasteiger partial charge in [-0.15, -0.1) is 0 Å². The molecule has 7 nitrogen and oxygen atoms in total. The quantitative estimate of drug-likeness (QED) is 0.675. The number of ether oxygens (including phenoxy) is 2. The van der Waals surface area contributed by atoms with Crippen molar-refractivity contribution in [2.24, 2.45) is 0 Å². The number of rotatable bonds is 4. The summed E-state index contributed by atoms with van der Waals surface area (Å²) in [7, 11) is 0. The number of amides is 1. The van der Waals surface area contributed by atoms with E-state index in [1.807, 2.05) is 28.0 Å². The highest BCUT2D eigenvalue weighted by Crippen LogP contribution is 2.38. The molecule has 2 fully saturated rings. The van der Waals surface area contributed by atoms with Gasteiger partial charge in [-0.05, 0) is 42.7 Å². The maximum atomic E-state index is 13.2. The van der Waals surface area contributed by atoms with Crippen molar-refractivity contribution in [3.63, 3.8) is 0 Å².